The first-order valence-electron chi connectivity index (χ1n) is 13.6. The van der Waals surface area contributed by atoms with Crippen molar-refractivity contribution in [2.75, 3.05) is 45.9 Å². The SMILES string of the molecule is ONNCCCCc1ccc(OCCN2CCN([C@@H](c3ccccc3)c3ccc(Cl)cc3)CC2)c(C(F)(F)F)c1. The standard InChI is InChI=1S/C30H36ClF3N4O2/c31-26-12-10-25(11-13-26)29(24-7-2-1-3-8-24)38-18-16-37(17-19-38)20-21-40-28-14-9-23(6-4-5-15-35-36-39)22-27(28)30(32,33)34/h1-3,7-14,22,29,35-36,39H,4-6,15-21H2/t29-/m0/s1. The predicted octanol–water partition coefficient (Wildman–Crippen LogP) is 5.95. The van der Waals surface area contributed by atoms with Crippen LogP contribution in [0.3, 0.4) is 0 Å². The topological polar surface area (TPSA) is 60.0 Å². The predicted molar refractivity (Wildman–Crippen MR) is 151 cm³/mol. The third-order valence-electron chi connectivity index (χ3n) is 7.18. The van der Waals surface area contributed by atoms with Crippen molar-refractivity contribution in [3.05, 3.63) is 100 Å². The van der Waals surface area contributed by atoms with Crippen LogP contribution in [0.1, 0.15) is 41.1 Å². The highest BCUT2D eigenvalue weighted by molar-refractivity contribution is 6.30. The third-order valence-corrected chi connectivity index (χ3v) is 7.44. The van der Waals surface area contributed by atoms with Crippen molar-refractivity contribution in [1.29, 1.82) is 0 Å². The lowest BCUT2D eigenvalue weighted by Crippen LogP contribution is -2.48. The molecule has 3 aromatic rings. The summed E-state index contributed by atoms with van der Waals surface area (Å²) in [4.78, 5) is 4.67. The fraction of sp³-hybridized carbons (Fsp3) is 0.400. The molecule has 0 aromatic heterocycles. The molecule has 1 atom stereocenters. The fourth-order valence-corrected chi connectivity index (χ4v) is 5.23. The summed E-state index contributed by atoms with van der Waals surface area (Å²) in [6.07, 6.45) is -2.57. The number of hydrazine groups is 1. The van der Waals surface area contributed by atoms with Crippen molar-refractivity contribution in [3.8, 4) is 5.75 Å². The normalized spacial score (nSPS) is 15.7. The lowest BCUT2D eigenvalue weighted by atomic mass is 9.96. The second-order valence-corrected chi connectivity index (χ2v) is 10.4. The minimum absolute atomic E-state index is 0.104. The van der Waals surface area contributed by atoms with E-state index in [0.717, 1.165) is 26.2 Å². The molecule has 0 radical (unpaired) electrons. The van der Waals surface area contributed by atoms with E-state index in [9.17, 15) is 13.2 Å². The van der Waals surface area contributed by atoms with Gasteiger partial charge in [-0.15, -0.1) is 5.59 Å². The number of rotatable bonds is 13. The average Bonchev–Trinajstić information content (AvgIpc) is 2.95. The van der Waals surface area contributed by atoms with Gasteiger partial charge in [-0.05, 0) is 60.2 Å². The largest absolute Gasteiger partial charge is 0.492 e. The zero-order valence-corrected chi connectivity index (χ0v) is 23.1. The number of ether oxygens (including phenoxy) is 1. The van der Waals surface area contributed by atoms with Gasteiger partial charge in [-0.1, -0.05) is 60.1 Å². The molecule has 0 aliphatic carbocycles. The molecule has 3 aromatic carbocycles. The Hall–Kier alpha value is -2.66. The second-order valence-electron chi connectivity index (χ2n) is 9.91. The summed E-state index contributed by atoms with van der Waals surface area (Å²) >= 11 is 6.13. The monoisotopic (exact) mass is 576 g/mol. The maximum atomic E-state index is 13.8. The summed E-state index contributed by atoms with van der Waals surface area (Å²) in [5, 5.41) is 9.21. The van der Waals surface area contributed by atoms with Gasteiger partial charge in [0.15, 0.2) is 0 Å². The van der Waals surface area contributed by atoms with Gasteiger partial charge in [-0.2, -0.15) is 13.2 Å². The molecule has 1 aliphatic rings. The highest BCUT2D eigenvalue weighted by Gasteiger charge is 2.35. The van der Waals surface area contributed by atoms with Crippen molar-refractivity contribution < 1.29 is 23.1 Å². The van der Waals surface area contributed by atoms with E-state index in [4.69, 9.17) is 21.5 Å². The van der Waals surface area contributed by atoms with Gasteiger partial charge in [-0.3, -0.25) is 9.80 Å². The Kier molecular flexibility index (Phi) is 11.2. The maximum Gasteiger partial charge on any atom is 0.419 e. The van der Waals surface area contributed by atoms with Gasteiger partial charge in [0.1, 0.15) is 12.4 Å². The minimum atomic E-state index is -4.49. The van der Waals surface area contributed by atoms with E-state index < -0.39 is 11.7 Å². The molecule has 10 heteroatoms. The first kappa shape index (κ1) is 30.3. The van der Waals surface area contributed by atoms with Gasteiger partial charge in [0.05, 0.1) is 11.6 Å². The van der Waals surface area contributed by atoms with Crippen LogP contribution in [0.25, 0.3) is 0 Å². The number of hydrogen-bond acceptors (Lipinski definition) is 6. The van der Waals surface area contributed by atoms with Crippen molar-refractivity contribution in [3.63, 3.8) is 0 Å². The van der Waals surface area contributed by atoms with Crippen LogP contribution in [0.4, 0.5) is 13.2 Å². The highest BCUT2D eigenvalue weighted by atomic mass is 35.5. The first-order valence-corrected chi connectivity index (χ1v) is 13.9. The Morgan fingerprint density at radius 2 is 1.60 bits per heavy atom. The summed E-state index contributed by atoms with van der Waals surface area (Å²) in [6, 6.07) is 22.7. The van der Waals surface area contributed by atoms with E-state index in [1.165, 1.54) is 23.3 Å². The van der Waals surface area contributed by atoms with Crippen LogP contribution < -0.4 is 15.8 Å². The van der Waals surface area contributed by atoms with Crippen LogP contribution in [-0.2, 0) is 12.6 Å². The van der Waals surface area contributed by atoms with Gasteiger partial charge >= 0.3 is 6.18 Å². The van der Waals surface area contributed by atoms with E-state index in [1.807, 2.05) is 35.9 Å². The molecule has 1 heterocycles. The molecule has 1 saturated heterocycles. The third kappa shape index (κ3) is 8.67. The minimum Gasteiger partial charge on any atom is -0.492 e. The average molecular weight is 577 g/mol. The summed E-state index contributed by atoms with van der Waals surface area (Å²) in [7, 11) is 0. The highest BCUT2D eigenvalue weighted by Crippen LogP contribution is 2.37. The van der Waals surface area contributed by atoms with Gasteiger partial charge in [0.2, 0.25) is 0 Å². The maximum absolute atomic E-state index is 13.8. The van der Waals surface area contributed by atoms with Crippen molar-refractivity contribution in [2.24, 2.45) is 0 Å². The second kappa shape index (κ2) is 14.8. The molecule has 0 saturated carbocycles. The fourth-order valence-electron chi connectivity index (χ4n) is 5.10. The number of hydrogen-bond donors (Lipinski definition) is 3. The number of alkyl halides is 3. The zero-order chi connectivity index (χ0) is 28.4. The van der Waals surface area contributed by atoms with E-state index in [2.05, 4.69) is 39.5 Å². The Labute approximate surface area is 238 Å². The van der Waals surface area contributed by atoms with Crippen molar-refractivity contribution in [2.45, 2.75) is 31.5 Å². The van der Waals surface area contributed by atoms with E-state index in [1.54, 1.807) is 6.07 Å². The molecule has 4 rings (SSSR count). The molecular formula is C30H36ClF3N4O2. The number of nitrogens with one attached hydrogen (secondary N) is 2. The Morgan fingerprint density at radius 3 is 2.27 bits per heavy atom. The van der Waals surface area contributed by atoms with Crippen LogP contribution in [0.2, 0.25) is 5.02 Å². The van der Waals surface area contributed by atoms with Crippen LogP contribution in [0.15, 0.2) is 72.8 Å². The molecule has 1 fully saturated rings. The number of halogens is 4. The number of unbranched alkanes of at least 4 members (excludes halogenated alkanes) is 1. The molecule has 40 heavy (non-hydrogen) atoms. The molecule has 0 unspecified atom stereocenters. The molecule has 0 bridgehead atoms. The van der Waals surface area contributed by atoms with Crippen LogP contribution in [0.5, 0.6) is 5.75 Å². The Bertz CT molecular complexity index is 1170. The number of aryl methyl sites for hydroxylation is 1. The van der Waals surface area contributed by atoms with E-state index >= 15 is 0 Å². The van der Waals surface area contributed by atoms with Crippen LogP contribution in [-0.4, -0.2) is 60.9 Å². The lowest BCUT2D eigenvalue weighted by Gasteiger charge is -2.39. The number of benzene rings is 3. The van der Waals surface area contributed by atoms with Gasteiger partial charge in [-0.25, -0.2) is 5.43 Å². The summed E-state index contributed by atoms with van der Waals surface area (Å²) in [5.74, 6) is -0.132. The zero-order valence-electron chi connectivity index (χ0n) is 22.3. The van der Waals surface area contributed by atoms with E-state index in [-0.39, 0.29) is 18.4 Å². The van der Waals surface area contributed by atoms with E-state index in [0.29, 0.717) is 42.9 Å². The quantitative estimate of drug-likeness (QED) is 0.173. The molecule has 0 amide bonds. The summed E-state index contributed by atoms with van der Waals surface area (Å²) in [6.45, 7) is 4.50. The van der Waals surface area contributed by atoms with Gasteiger partial charge in [0.25, 0.3) is 0 Å². The lowest BCUT2D eigenvalue weighted by molar-refractivity contribution is -0.139. The van der Waals surface area contributed by atoms with Crippen molar-refractivity contribution >= 4 is 11.6 Å². The number of piperazine rings is 1. The number of nitrogens with zero attached hydrogens (tertiary/aromatic N) is 2. The van der Waals surface area contributed by atoms with Crippen LogP contribution >= 0.6 is 11.6 Å². The molecule has 216 valence electrons. The van der Waals surface area contributed by atoms with Gasteiger partial charge < -0.3 is 9.94 Å². The molecule has 1 aliphatic heterocycles. The van der Waals surface area contributed by atoms with Gasteiger partial charge in [0, 0.05) is 44.3 Å². The van der Waals surface area contributed by atoms with Crippen molar-refractivity contribution in [1.82, 2.24) is 20.8 Å². The summed E-state index contributed by atoms with van der Waals surface area (Å²) < 4.78 is 47.0. The smallest absolute Gasteiger partial charge is 0.419 e. The van der Waals surface area contributed by atoms with Crippen LogP contribution in [0, 0.1) is 0 Å². The molecule has 3 N–H and O–H groups in total. The molecule has 6 nitrogen and oxygen atoms in total. The Morgan fingerprint density at radius 1 is 0.900 bits per heavy atom. The molecule has 0 spiro atoms. The molecular weight excluding hydrogens is 541 g/mol. The summed E-state index contributed by atoms with van der Waals surface area (Å²) in [5.41, 5.74) is 6.65. The first-order chi connectivity index (χ1) is 19.3. The Balaban J connectivity index is 1.31.